The fourth-order valence-corrected chi connectivity index (χ4v) is 3.12. The molecule has 1 aliphatic carbocycles. The number of benzene rings is 1. The third-order valence-corrected chi connectivity index (χ3v) is 4.61. The number of carbonyl (C=O) groups excluding carboxylic acids is 2. The third kappa shape index (κ3) is 5.85. The minimum absolute atomic E-state index is 0.0760. The molecule has 1 aliphatic rings. The number of nitrogens with one attached hydrogen (secondary N) is 2. The van der Waals surface area contributed by atoms with Crippen LogP contribution < -0.4 is 10.6 Å². The van der Waals surface area contributed by atoms with Crippen LogP contribution in [-0.2, 0) is 4.79 Å². The third-order valence-electron chi connectivity index (χ3n) is 4.61. The summed E-state index contributed by atoms with van der Waals surface area (Å²) in [6.07, 6.45) is 5.03. The van der Waals surface area contributed by atoms with E-state index in [0.29, 0.717) is 30.1 Å². The Bertz CT molecular complexity index is 617. The van der Waals surface area contributed by atoms with Gasteiger partial charge in [-0.1, -0.05) is 32.8 Å². The van der Waals surface area contributed by atoms with Gasteiger partial charge in [0.05, 0.1) is 12.0 Å². The summed E-state index contributed by atoms with van der Waals surface area (Å²) in [5.74, 6) is -0.321. The summed E-state index contributed by atoms with van der Waals surface area (Å²) < 4.78 is 0. The highest BCUT2D eigenvalue weighted by Gasteiger charge is 2.28. The predicted molar refractivity (Wildman–Crippen MR) is 99.7 cm³/mol. The monoisotopic (exact) mass is 346 g/mol. The zero-order chi connectivity index (χ0) is 18.4. The average Bonchev–Trinajstić information content (AvgIpc) is 3.33. The van der Waals surface area contributed by atoms with Crippen molar-refractivity contribution in [3.05, 3.63) is 29.3 Å². The van der Waals surface area contributed by atoms with Crippen LogP contribution in [0.15, 0.2) is 18.2 Å². The lowest BCUT2D eigenvalue weighted by molar-refractivity contribution is -0.121. The lowest BCUT2D eigenvalue weighted by atomic mass is 9.89. The molecule has 2 amide bonds. The van der Waals surface area contributed by atoms with Gasteiger partial charge in [-0.05, 0) is 50.3 Å². The lowest BCUT2D eigenvalue weighted by Crippen LogP contribution is -2.34. The molecule has 1 aromatic rings. The van der Waals surface area contributed by atoms with E-state index in [2.05, 4.69) is 10.6 Å². The van der Waals surface area contributed by atoms with E-state index in [0.717, 1.165) is 31.2 Å². The number of aliphatic hydroxyl groups is 1. The van der Waals surface area contributed by atoms with E-state index in [4.69, 9.17) is 0 Å². The van der Waals surface area contributed by atoms with Crippen LogP contribution in [0.25, 0.3) is 0 Å². The summed E-state index contributed by atoms with van der Waals surface area (Å²) in [5.41, 5.74) is 1.11. The Morgan fingerprint density at radius 3 is 2.40 bits per heavy atom. The molecule has 0 aliphatic heterocycles. The number of rotatable bonds is 9. The molecule has 1 saturated carbocycles. The maximum Gasteiger partial charge on any atom is 0.251 e. The first kappa shape index (κ1) is 19.4. The van der Waals surface area contributed by atoms with Crippen LogP contribution in [0, 0.1) is 6.92 Å². The maximum atomic E-state index is 12.4. The van der Waals surface area contributed by atoms with Gasteiger partial charge in [0.25, 0.3) is 5.91 Å². The molecule has 3 N–H and O–H groups in total. The van der Waals surface area contributed by atoms with Gasteiger partial charge in [0.1, 0.15) is 0 Å². The Kier molecular flexibility index (Phi) is 6.59. The SMILES string of the molecule is CCCC(O)(CCC)CC(=O)Nc1cc(C(=O)NC2CC2)ccc1C. The number of amides is 2. The maximum absolute atomic E-state index is 12.4. The van der Waals surface area contributed by atoms with Crippen molar-refractivity contribution >= 4 is 17.5 Å². The number of carbonyl (C=O) groups is 2. The first-order chi connectivity index (χ1) is 11.9. The van der Waals surface area contributed by atoms with Crippen molar-refractivity contribution in [1.82, 2.24) is 5.32 Å². The molecule has 0 atom stereocenters. The summed E-state index contributed by atoms with van der Waals surface area (Å²) in [7, 11) is 0. The number of hydrogen-bond donors (Lipinski definition) is 3. The number of aryl methyl sites for hydroxylation is 1. The van der Waals surface area contributed by atoms with E-state index in [-0.39, 0.29) is 18.2 Å². The molecule has 25 heavy (non-hydrogen) atoms. The highest BCUT2D eigenvalue weighted by atomic mass is 16.3. The molecule has 2 rings (SSSR count). The lowest BCUT2D eigenvalue weighted by Gasteiger charge is -2.27. The van der Waals surface area contributed by atoms with Crippen LogP contribution in [-0.4, -0.2) is 28.6 Å². The fourth-order valence-electron chi connectivity index (χ4n) is 3.12. The smallest absolute Gasteiger partial charge is 0.251 e. The normalized spacial score (nSPS) is 14.2. The summed E-state index contributed by atoms with van der Waals surface area (Å²) in [4.78, 5) is 24.6. The molecule has 0 bridgehead atoms. The van der Waals surface area contributed by atoms with Gasteiger partial charge >= 0.3 is 0 Å². The summed E-state index contributed by atoms with van der Waals surface area (Å²) in [6, 6.07) is 5.61. The average molecular weight is 346 g/mol. The summed E-state index contributed by atoms with van der Waals surface area (Å²) >= 11 is 0. The van der Waals surface area contributed by atoms with Crippen molar-refractivity contribution in [1.29, 1.82) is 0 Å². The van der Waals surface area contributed by atoms with E-state index in [1.165, 1.54) is 0 Å². The first-order valence-corrected chi connectivity index (χ1v) is 9.30. The van der Waals surface area contributed by atoms with Crippen molar-refractivity contribution in [2.75, 3.05) is 5.32 Å². The van der Waals surface area contributed by atoms with Crippen molar-refractivity contribution in [3.8, 4) is 0 Å². The van der Waals surface area contributed by atoms with E-state index in [1.54, 1.807) is 12.1 Å². The van der Waals surface area contributed by atoms with Crippen molar-refractivity contribution in [2.45, 2.75) is 77.4 Å². The standard InChI is InChI=1S/C20H30N2O3/c1-4-10-20(25,11-5-2)13-18(23)22-17-12-15(7-6-14(17)3)19(24)21-16-8-9-16/h6-7,12,16,25H,4-5,8-11,13H2,1-3H3,(H,21,24)(H,22,23). The molecular weight excluding hydrogens is 316 g/mol. The Labute approximate surface area is 150 Å². The molecule has 138 valence electrons. The largest absolute Gasteiger partial charge is 0.389 e. The molecule has 1 fully saturated rings. The van der Waals surface area contributed by atoms with Gasteiger partial charge in [-0.3, -0.25) is 9.59 Å². The number of hydrogen-bond acceptors (Lipinski definition) is 3. The minimum Gasteiger partial charge on any atom is -0.389 e. The zero-order valence-corrected chi connectivity index (χ0v) is 15.5. The molecule has 0 aromatic heterocycles. The second-order valence-electron chi connectivity index (χ2n) is 7.23. The molecule has 5 heteroatoms. The van der Waals surface area contributed by atoms with Gasteiger partial charge in [0, 0.05) is 17.3 Å². The van der Waals surface area contributed by atoms with Gasteiger partial charge in [-0.25, -0.2) is 0 Å². The van der Waals surface area contributed by atoms with Crippen molar-refractivity contribution in [3.63, 3.8) is 0 Å². The van der Waals surface area contributed by atoms with Crippen LogP contribution >= 0.6 is 0 Å². The summed E-state index contributed by atoms with van der Waals surface area (Å²) in [5, 5.41) is 16.5. The molecule has 1 aromatic carbocycles. The Morgan fingerprint density at radius 1 is 1.20 bits per heavy atom. The Hall–Kier alpha value is -1.88. The van der Waals surface area contributed by atoms with E-state index in [1.807, 2.05) is 26.8 Å². The topological polar surface area (TPSA) is 78.4 Å². The quantitative estimate of drug-likeness (QED) is 0.640. The van der Waals surface area contributed by atoms with Crippen LogP contribution in [0.5, 0.6) is 0 Å². The van der Waals surface area contributed by atoms with Gasteiger partial charge < -0.3 is 15.7 Å². The molecule has 0 spiro atoms. The molecule has 0 saturated heterocycles. The molecule has 0 heterocycles. The molecular formula is C20H30N2O3. The van der Waals surface area contributed by atoms with Gasteiger partial charge in [-0.15, -0.1) is 0 Å². The second kappa shape index (κ2) is 8.48. The second-order valence-corrected chi connectivity index (χ2v) is 7.23. The van der Waals surface area contributed by atoms with Gasteiger partial charge in [0.2, 0.25) is 5.91 Å². The molecule has 0 radical (unpaired) electrons. The van der Waals surface area contributed by atoms with Gasteiger partial charge in [-0.2, -0.15) is 0 Å². The summed E-state index contributed by atoms with van der Waals surface area (Å²) in [6.45, 7) is 5.90. The Morgan fingerprint density at radius 2 is 1.84 bits per heavy atom. The van der Waals surface area contributed by atoms with Gasteiger partial charge in [0.15, 0.2) is 0 Å². The Balaban J connectivity index is 2.04. The van der Waals surface area contributed by atoms with Crippen LogP contribution in [0.4, 0.5) is 5.69 Å². The van der Waals surface area contributed by atoms with Crippen LogP contribution in [0.1, 0.15) is 74.7 Å². The highest BCUT2D eigenvalue weighted by molar-refractivity contribution is 5.98. The number of anilines is 1. The predicted octanol–water partition coefficient (Wildman–Crippen LogP) is 3.55. The first-order valence-electron chi connectivity index (χ1n) is 9.30. The highest BCUT2D eigenvalue weighted by Crippen LogP contribution is 2.25. The fraction of sp³-hybridized carbons (Fsp3) is 0.600. The van der Waals surface area contributed by atoms with Crippen molar-refractivity contribution < 1.29 is 14.7 Å². The van der Waals surface area contributed by atoms with Crippen LogP contribution in [0.2, 0.25) is 0 Å². The zero-order valence-electron chi connectivity index (χ0n) is 15.5. The molecule has 5 nitrogen and oxygen atoms in total. The molecule has 0 unspecified atom stereocenters. The van der Waals surface area contributed by atoms with Crippen molar-refractivity contribution in [2.24, 2.45) is 0 Å². The van der Waals surface area contributed by atoms with Crippen LogP contribution in [0.3, 0.4) is 0 Å². The van der Waals surface area contributed by atoms with E-state index >= 15 is 0 Å². The van der Waals surface area contributed by atoms with E-state index in [9.17, 15) is 14.7 Å². The minimum atomic E-state index is -0.956. The van der Waals surface area contributed by atoms with E-state index < -0.39 is 5.60 Å².